The van der Waals surface area contributed by atoms with Crippen molar-refractivity contribution >= 4 is 28.5 Å². The van der Waals surface area contributed by atoms with Crippen molar-refractivity contribution < 1.29 is 24.4 Å². The monoisotopic (exact) mass is 571 g/mol. The summed E-state index contributed by atoms with van der Waals surface area (Å²) in [6.07, 6.45) is 1.29. The molecule has 1 aliphatic heterocycles. The molecule has 42 heavy (non-hydrogen) atoms. The highest BCUT2D eigenvalue weighted by atomic mass is 16.6. The average Bonchev–Trinajstić information content (AvgIpc) is 3.40. The van der Waals surface area contributed by atoms with Gasteiger partial charge in [-0.15, -0.1) is 0 Å². The quantitative estimate of drug-likeness (QED) is 0.108. The third kappa shape index (κ3) is 5.18. The molecule has 3 N–H and O–H groups in total. The standard InChI is InChI=1S/C31H33N5O6/c1-18-6-8-20(17-23(18)36(40)41)28-33-22-10-9-21-26(27(22)34-28)29(38)35(30(39)31(21,2)3)15-5-13-32-14-12-19-7-11-24(37)25(16-19)42-4/h6-11,16-17,32,37H,5,12-15H2,1-4H3,(H,33,34). The van der Waals surface area contributed by atoms with Crippen LogP contribution in [0.2, 0.25) is 0 Å². The van der Waals surface area contributed by atoms with E-state index in [1.165, 1.54) is 18.1 Å². The van der Waals surface area contributed by atoms with Crippen molar-refractivity contribution in [2.24, 2.45) is 0 Å². The van der Waals surface area contributed by atoms with Crippen LogP contribution in [0.3, 0.4) is 0 Å². The van der Waals surface area contributed by atoms with Crippen molar-refractivity contribution in [2.45, 2.75) is 39.0 Å². The number of aromatic amines is 1. The highest BCUT2D eigenvalue weighted by molar-refractivity contribution is 6.18. The number of imidazole rings is 1. The number of hydrogen-bond acceptors (Lipinski definition) is 8. The van der Waals surface area contributed by atoms with Gasteiger partial charge < -0.3 is 20.1 Å². The summed E-state index contributed by atoms with van der Waals surface area (Å²) in [5.41, 5.74) is 3.15. The number of carbonyl (C=O) groups excluding carboxylic acids is 2. The Kier molecular flexibility index (Phi) is 7.70. The number of H-pyrrole nitrogens is 1. The molecule has 0 saturated carbocycles. The van der Waals surface area contributed by atoms with E-state index >= 15 is 0 Å². The number of benzene rings is 3. The zero-order chi connectivity index (χ0) is 30.2. The van der Waals surface area contributed by atoms with Gasteiger partial charge in [0.25, 0.3) is 11.6 Å². The smallest absolute Gasteiger partial charge is 0.273 e. The van der Waals surface area contributed by atoms with Crippen molar-refractivity contribution in [3.8, 4) is 22.9 Å². The Morgan fingerprint density at radius 2 is 1.90 bits per heavy atom. The number of phenols is 1. The minimum absolute atomic E-state index is 0.0135. The Hall–Kier alpha value is -4.77. The lowest BCUT2D eigenvalue weighted by molar-refractivity contribution is -0.385. The topological polar surface area (TPSA) is 151 Å². The van der Waals surface area contributed by atoms with Crippen LogP contribution in [0.4, 0.5) is 5.69 Å². The van der Waals surface area contributed by atoms with Gasteiger partial charge in [-0.3, -0.25) is 24.6 Å². The third-order valence-corrected chi connectivity index (χ3v) is 7.82. The normalized spacial score (nSPS) is 14.3. The van der Waals surface area contributed by atoms with Crippen LogP contribution in [-0.2, 0) is 16.6 Å². The molecule has 1 aromatic heterocycles. The van der Waals surface area contributed by atoms with Crippen LogP contribution >= 0.6 is 0 Å². The Balaban J connectivity index is 1.32. The van der Waals surface area contributed by atoms with Crippen molar-refractivity contribution in [3.63, 3.8) is 0 Å². The lowest BCUT2D eigenvalue weighted by atomic mass is 9.76. The number of methoxy groups -OCH3 is 1. The number of aromatic hydroxyl groups is 1. The molecule has 11 heteroatoms. The fraction of sp³-hybridized carbons (Fsp3) is 0.323. The number of carbonyl (C=O) groups is 2. The molecule has 4 aromatic rings. The van der Waals surface area contributed by atoms with Gasteiger partial charge in [0.1, 0.15) is 11.3 Å². The fourth-order valence-corrected chi connectivity index (χ4v) is 5.38. The van der Waals surface area contributed by atoms with Crippen molar-refractivity contribution in [2.75, 3.05) is 26.7 Å². The van der Waals surface area contributed by atoms with E-state index in [0.29, 0.717) is 64.4 Å². The van der Waals surface area contributed by atoms with E-state index < -0.39 is 16.2 Å². The number of nitrogens with zero attached hydrogens (tertiary/aromatic N) is 3. The largest absolute Gasteiger partial charge is 0.504 e. The van der Waals surface area contributed by atoms with Gasteiger partial charge in [-0.1, -0.05) is 24.3 Å². The van der Waals surface area contributed by atoms with Crippen LogP contribution in [0.15, 0.2) is 48.5 Å². The predicted octanol–water partition coefficient (Wildman–Crippen LogP) is 4.64. The van der Waals surface area contributed by atoms with Crippen LogP contribution < -0.4 is 10.1 Å². The molecule has 2 heterocycles. The fourth-order valence-electron chi connectivity index (χ4n) is 5.38. The number of aryl methyl sites for hydroxylation is 1. The Morgan fingerprint density at radius 3 is 2.64 bits per heavy atom. The molecule has 2 amide bonds. The number of ether oxygens (including phenoxy) is 1. The number of nitro benzene ring substituents is 1. The van der Waals surface area contributed by atoms with Gasteiger partial charge in [0.05, 0.1) is 28.5 Å². The van der Waals surface area contributed by atoms with E-state index in [1.54, 1.807) is 57.2 Å². The average molecular weight is 572 g/mol. The molecule has 0 fully saturated rings. The number of nitrogens with one attached hydrogen (secondary N) is 2. The second-order valence-electron chi connectivity index (χ2n) is 11.0. The first-order valence-corrected chi connectivity index (χ1v) is 13.7. The summed E-state index contributed by atoms with van der Waals surface area (Å²) in [4.78, 5) is 47.5. The molecule has 11 nitrogen and oxygen atoms in total. The molecular formula is C31H33N5O6. The minimum atomic E-state index is -0.940. The van der Waals surface area contributed by atoms with E-state index in [0.717, 1.165) is 12.0 Å². The van der Waals surface area contributed by atoms with Crippen LogP contribution in [0.25, 0.3) is 22.4 Å². The second-order valence-corrected chi connectivity index (χ2v) is 11.0. The molecule has 3 aromatic carbocycles. The lowest BCUT2D eigenvalue weighted by Gasteiger charge is -2.37. The molecule has 0 unspecified atom stereocenters. The second kappa shape index (κ2) is 11.2. The first-order valence-electron chi connectivity index (χ1n) is 13.7. The number of imide groups is 1. The first-order chi connectivity index (χ1) is 20.0. The van der Waals surface area contributed by atoms with E-state index in [2.05, 4.69) is 10.3 Å². The van der Waals surface area contributed by atoms with Crippen LogP contribution in [-0.4, -0.2) is 63.5 Å². The van der Waals surface area contributed by atoms with Crippen molar-refractivity contribution in [1.82, 2.24) is 20.2 Å². The number of amides is 2. The van der Waals surface area contributed by atoms with Crippen LogP contribution in [0.1, 0.15) is 47.3 Å². The number of rotatable bonds is 10. The molecule has 0 bridgehead atoms. The van der Waals surface area contributed by atoms with Gasteiger partial charge >= 0.3 is 0 Å². The summed E-state index contributed by atoms with van der Waals surface area (Å²) < 4.78 is 5.16. The molecule has 0 radical (unpaired) electrons. The number of nitro groups is 1. The van der Waals surface area contributed by atoms with Gasteiger partial charge in [-0.25, -0.2) is 4.98 Å². The number of hydrogen-bond donors (Lipinski definition) is 3. The molecule has 0 aliphatic carbocycles. The zero-order valence-electron chi connectivity index (χ0n) is 24.0. The minimum Gasteiger partial charge on any atom is -0.504 e. The zero-order valence-corrected chi connectivity index (χ0v) is 24.0. The van der Waals surface area contributed by atoms with Gasteiger partial charge in [0.15, 0.2) is 11.5 Å². The summed E-state index contributed by atoms with van der Waals surface area (Å²) in [6.45, 7) is 6.81. The van der Waals surface area contributed by atoms with E-state index in [1.807, 2.05) is 6.07 Å². The summed E-state index contributed by atoms with van der Waals surface area (Å²) >= 11 is 0. The number of fused-ring (bicyclic) bond motifs is 3. The predicted molar refractivity (Wildman–Crippen MR) is 158 cm³/mol. The first kappa shape index (κ1) is 28.7. The SMILES string of the molecule is COc1cc(CCNCCCN2C(=O)c3c(ccc4[nH]c(-c5ccc(C)c([N+](=O)[O-])c5)nc34)C(C)(C)C2=O)ccc1O. The highest BCUT2D eigenvalue weighted by Crippen LogP contribution is 2.38. The Labute approximate surface area is 242 Å². The van der Waals surface area contributed by atoms with Crippen molar-refractivity contribution in [1.29, 1.82) is 0 Å². The van der Waals surface area contributed by atoms with E-state index in [9.17, 15) is 24.8 Å². The summed E-state index contributed by atoms with van der Waals surface area (Å²) in [7, 11) is 1.51. The van der Waals surface area contributed by atoms with Gasteiger partial charge in [-0.05, 0) is 76.0 Å². The number of phenolic OH excluding ortho intramolecular Hbond substituents is 1. The summed E-state index contributed by atoms with van der Waals surface area (Å²) in [5.74, 6) is 0.267. The molecule has 1 aliphatic rings. The van der Waals surface area contributed by atoms with Gasteiger partial charge in [-0.2, -0.15) is 0 Å². The molecule has 0 saturated heterocycles. The van der Waals surface area contributed by atoms with Crippen LogP contribution in [0.5, 0.6) is 11.5 Å². The summed E-state index contributed by atoms with van der Waals surface area (Å²) in [5, 5.41) is 24.6. The molecule has 218 valence electrons. The molecule has 0 atom stereocenters. The van der Waals surface area contributed by atoms with Crippen molar-refractivity contribution in [3.05, 3.63) is 80.9 Å². The Bertz CT molecular complexity index is 1710. The summed E-state index contributed by atoms with van der Waals surface area (Å²) in [6, 6.07) is 13.7. The maximum Gasteiger partial charge on any atom is 0.273 e. The van der Waals surface area contributed by atoms with E-state index in [-0.39, 0.29) is 23.9 Å². The molecule has 0 spiro atoms. The van der Waals surface area contributed by atoms with E-state index in [4.69, 9.17) is 9.72 Å². The molecule has 5 rings (SSSR count). The van der Waals surface area contributed by atoms with Gasteiger partial charge in [0, 0.05) is 23.7 Å². The number of aromatic nitrogens is 2. The van der Waals surface area contributed by atoms with Crippen LogP contribution in [0, 0.1) is 17.0 Å². The third-order valence-electron chi connectivity index (χ3n) is 7.82. The highest BCUT2D eigenvalue weighted by Gasteiger charge is 2.45. The molecular weight excluding hydrogens is 538 g/mol. The maximum atomic E-state index is 13.8. The maximum absolute atomic E-state index is 13.8. The Morgan fingerprint density at radius 1 is 1.12 bits per heavy atom. The van der Waals surface area contributed by atoms with Gasteiger partial charge in [0.2, 0.25) is 5.91 Å². The lowest BCUT2D eigenvalue weighted by Crippen LogP contribution is -2.52.